The summed E-state index contributed by atoms with van der Waals surface area (Å²) in [6.07, 6.45) is 3.61. The van der Waals surface area contributed by atoms with Crippen molar-refractivity contribution in [3.05, 3.63) is 29.5 Å². The molecule has 0 bridgehead atoms. The summed E-state index contributed by atoms with van der Waals surface area (Å²) < 4.78 is 5.38. The first-order chi connectivity index (χ1) is 11.2. The first-order valence-electron chi connectivity index (χ1n) is 7.38. The number of nitriles is 3. The summed E-state index contributed by atoms with van der Waals surface area (Å²) in [7, 11) is 1.55. The summed E-state index contributed by atoms with van der Waals surface area (Å²) in [4.78, 5) is 2.30. The Bertz CT molecular complexity index is 711. The molecule has 116 valence electrons. The molecule has 1 aromatic rings. The van der Waals surface area contributed by atoms with Crippen LogP contribution in [0.5, 0.6) is 5.75 Å². The Labute approximate surface area is 135 Å². The third kappa shape index (κ3) is 3.73. The topological polar surface area (TPSA) is 95.9 Å². The van der Waals surface area contributed by atoms with Crippen LogP contribution in [0.4, 0.5) is 11.4 Å². The number of allylic oxidation sites excluding steroid dienone is 2. The standard InChI is InChI=1S/C17H17N5O/c1-23-17-9-14(22-7-3-2-4-8-22)5-6-15(17)21-16(12-20)13(10-18)11-19/h5-6,9,21H,2-4,7-8H2,1H3. The maximum Gasteiger partial charge on any atom is 0.163 e. The number of ether oxygens (including phenoxy) is 1. The van der Waals surface area contributed by atoms with Crippen molar-refractivity contribution in [1.29, 1.82) is 15.8 Å². The zero-order valence-corrected chi connectivity index (χ0v) is 13.0. The lowest BCUT2D eigenvalue weighted by Crippen LogP contribution is -2.29. The van der Waals surface area contributed by atoms with Crippen LogP contribution in [0.15, 0.2) is 29.5 Å². The van der Waals surface area contributed by atoms with E-state index >= 15 is 0 Å². The van der Waals surface area contributed by atoms with E-state index in [1.807, 2.05) is 18.2 Å². The fourth-order valence-electron chi connectivity index (χ4n) is 2.55. The summed E-state index contributed by atoms with van der Waals surface area (Å²) in [6, 6.07) is 10.9. The predicted octanol–water partition coefficient (Wildman–Crippen LogP) is 2.92. The first kappa shape index (κ1) is 16.2. The molecule has 0 amide bonds. The third-order valence-electron chi connectivity index (χ3n) is 3.75. The molecule has 1 saturated heterocycles. The molecule has 0 aliphatic carbocycles. The second-order valence-electron chi connectivity index (χ2n) is 5.14. The van der Waals surface area contributed by atoms with Gasteiger partial charge in [-0.15, -0.1) is 0 Å². The molecule has 1 fully saturated rings. The lowest BCUT2D eigenvalue weighted by Gasteiger charge is -2.29. The number of nitrogens with one attached hydrogen (secondary N) is 1. The van der Waals surface area contributed by atoms with Crippen molar-refractivity contribution in [1.82, 2.24) is 0 Å². The highest BCUT2D eigenvalue weighted by Gasteiger charge is 2.14. The largest absolute Gasteiger partial charge is 0.494 e. The molecule has 1 aromatic carbocycles. The minimum atomic E-state index is -0.255. The molecule has 1 N–H and O–H groups in total. The van der Waals surface area contributed by atoms with Crippen molar-refractivity contribution in [2.24, 2.45) is 0 Å². The van der Waals surface area contributed by atoms with E-state index in [0.717, 1.165) is 18.8 Å². The van der Waals surface area contributed by atoms with Crippen LogP contribution in [0.25, 0.3) is 0 Å². The van der Waals surface area contributed by atoms with E-state index in [9.17, 15) is 0 Å². The second kappa shape index (κ2) is 7.73. The van der Waals surface area contributed by atoms with Gasteiger partial charge in [0.05, 0.1) is 12.8 Å². The fourth-order valence-corrected chi connectivity index (χ4v) is 2.55. The van der Waals surface area contributed by atoms with Gasteiger partial charge in [0.2, 0.25) is 0 Å². The van der Waals surface area contributed by atoms with Crippen LogP contribution in [0.2, 0.25) is 0 Å². The number of rotatable bonds is 4. The third-order valence-corrected chi connectivity index (χ3v) is 3.75. The summed E-state index contributed by atoms with van der Waals surface area (Å²) in [5, 5.41) is 29.7. The number of benzene rings is 1. The van der Waals surface area contributed by atoms with Crippen LogP contribution in [-0.4, -0.2) is 20.2 Å². The number of methoxy groups -OCH3 is 1. The number of hydrogen-bond donors (Lipinski definition) is 1. The Hall–Kier alpha value is -3.17. The zero-order valence-electron chi connectivity index (χ0n) is 13.0. The lowest BCUT2D eigenvalue weighted by molar-refractivity contribution is 0.416. The van der Waals surface area contributed by atoms with E-state index in [0.29, 0.717) is 11.4 Å². The summed E-state index contributed by atoms with van der Waals surface area (Å²) in [5.74, 6) is 0.566. The van der Waals surface area contributed by atoms with Gasteiger partial charge in [0, 0.05) is 24.8 Å². The molecule has 0 aromatic heterocycles. The van der Waals surface area contributed by atoms with E-state index in [4.69, 9.17) is 20.5 Å². The van der Waals surface area contributed by atoms with E-state index in [2.05, 4.69) is 10.2 Å². The van der Waals surface area contributed by atoms with E-state index in [1.165, 1.54) is 19.3 Å². The number of piperidine rings is 1. The number of hydrogen-bond acceptors (Lipinski definition) is 6. The van der Waals surface area contributed by atoms with E-state index < -0.39 is 0 Å². The van der Waals surface area contributed by atoms with Gasteiger partial charge in [0.25, 0.3) is 0 Å². The quantitative estimate of drug-likeness (QED) is 0.859. The summed E-state index contributed by atoms with van der Waals surface area (Å²) in [5.41, 5.74) is 1.27. The van der Waals surface area contributed by atoms with Crippen LogP contribution in [0, 0.1) is 34.0 Å². The molecule has 1 aliphatic heterocycles. The van der Waals surface area contributed by atoms with Crippen LogP contribution in [-0.2, 0) is 0 Å². The normalized spacial score (nSPS) is 13.2. The first-order valence-corrected chi connectivity index (χ1v) is 7.38. The van der Waals surface area contributed by atoms with Crippen LogP contribution in [0.3, 0.4) is 0 Å². The monoisotopic (exact) mass is 307 g/mol. The molecule has 1 aliphatic rings. The molecule has 6 nitrogen and oxygen atoms in total. The Morgan fingerprint density at radius 3 is 2.35 bits per heavy atom. The van der Waals surface area contributed by atoms with Gasteiger partial charge in [0.15, 0.2) is 5.57 Å². The van der Waals surface area contributed by atoms with Crippen LogP contribution >= 0.6 is 0 Å². The van der Waals surface area contributed by atoms with Crippen molar-refractivity contribution in [3.8, 4) is 24.0 Å². The van der Waals surface area contributed by atoms with Crippen LogP contribution < -0.4 is 15.0 Å². The Kier molecular flexibility index (Phi) is 5.45. The highest BCUT2D eigenvalue weighted by molar-refractivity contribution is 5.69. The van der Waals surface area contributed by atoms with Crippen molar-refractivity contribution in [2.75, 3.05) is 30.4 Å². The van der Waals surface area contributed by atoms with Gasteiger partial charge < -0.3 is 15.0 Å². The summed E-state index contributed by atoms with van der Waals surface area (Å²) >= 11 is 0. The SMILES string of the molecule is COc1cc(N2CCCCC2)ccc1NC(C#N)=C(C#N)C#N. The molecule has 0 spiro atoms. The van der Waals surface area contributed by atoms with Crippen molar-refractivity contribution in [3.63, 3.8) is 0 Å². The molecule has 0 radical (unpaired) electrons. The van der Waals surface area contributed by atoms with Crippen molar-refractivity contribution >= 4 is 11.4 Å². The van der Waals surface area contributed by atoms with Gasteiger partial charge in [-0.25, -0.2) is 0 Å². The lowest BCUT2D eigenvalue weighted by atomic mass is 10.1. The Balaban J connectivity index is 2.30. The van der Waals surface area contributed by atoms with Gasteiger partial charge in [-0.1, -0.05) is 0 Å². The highest BCUT2D eigenvalue weighted by Crippen LogP contribution is 2.32. The molecular formula is C17H17N5O. The number of anilines is 2. The molecule has 1 heterocycles. The van der Waals surface area contributed by atoms with Gasteiger partial charge in [-0.3, -0.25) is 0 Å². The fraction of sp³-hybridized carbons (Fsp3) is 0.353. The summed E-state index contributed by atoms with van der Waals surface area (Å²) in [6.45, 7) is 2.04. The molecule has 2 rings (SSSR count). The van der Waals surface area contributed by atoms with Crippen LogP contribution in [0.1, 0.15) is 19.3 Å². The molecule has 6 heteroatoms. The average molecular weight is 307 g/mol. The maximum absolute atomic E-state index is 9.12. The van der Waals surface area contributed by atoms with Gasteiger partial charge in [0.1, 0.15) is 29.7 Å². The molecule has 0 atom stereocenters. The minimum absolute atomic E-state index is 0.0842. The molecule has 0 unspecified atom stereocenters. The van der Waals surface area contributed by atoms with Crippen molar-refractivity contribution in [2.45, 2.75) is 19.3 Å². The Morgan fingerprint density at radius 2 is 1.78 bits per heavy atom. The van der Waals surface area contributed by atoms with Crippen molar-refractivity contribution < 1.29 is 4.74 Å². The van der Waals surface area contributed by atoms with Gasteiger partial charge in [-0.05, 0) is 31.4 Å². The number of nitrogens with zero attached hydrogens (tertiary/aromatic N) is 4. The smallest absolute Gasteiger partial charge is 0.163 e. The maximum atomic E-state index is 9.12. The van der Waals surface area contributed by atoms with E-state index in [1.54, 1.807) is 25.3 Å². The average Bonchev–Trinajstić information content (AvgIpc) is 2.62. The highest BCUT2D eigenvalue weighted by atomic mass is 16.5. The predicted molar refractivity (Wildman–Crippen MR) is 86.5 cm³/mol. The zero-order chi connectivity index (χ0) is 16.7. The Morgan fingerprint density at radius 1 is 1.09 bits per heavy atom. The minimum Gasteiger partial charge on any atom is -0.494 e. The molecule has 0 saturated carbocycles. The van der Waals surface area contributed by atoms with E-state index in [-0.39, 0.29) is 11.3 Å². The second-order valence-corrected chi connectivity index (χ2v) is 5.14. The van der Waals surface area contributed by atoms with Gasteiger partial charge >= 0.3 is 0 Å². The molecule has 23 heavy (non-hydrogen) atoms. The van der Waals surface area contributed by atoms with Gasteiger partial charge in [-0.2, -0.15) is 15.8 Å². The molecular weight excluding hydrogens is 290 g/mol.